The zero-order valence-corrected chi connectivity index (χ0v) is 17.7. The van der Waals surface area contributed by atoms with Crippen LogP contribution in [0.25, 0.3) is 0 Å². The summed E-state index contributed by atoms with van der Waals surface area (Å²) in [6, 6.07) is 12.2. The zero-order chi connectivity index (χ0) is 21.9. The molecule has 1 aliphatic rings. The average Bonchev–Trinajstić information content (AvgIpc) is 2.76. The Morgan fingerprint density at radius 2 is 1.80 bits per heavy atom. The van der Waals surface area contributed by atoms with E-state index < -0.39 is 17.9 Å². The summed E-state index contributed by atoms with van der Waals surface area (Å²) in [5, 5.41) is 24.3. The van der Waals surface area contributed by atoms with Gasteiger partial charge in [-0.05, 0) is 36.2 Å². The van der Waals surface area contributed by atoms with Gasteiger partial charge in [-0.15, -0.1) is 0 Å². The first-order valence-corrected chi connectivity index (χ1v) is 10.1. The molecule has 0 radical (unpaired) electrons. The Labute approximate surface area is 181 Å². The van der Waals surface area contributed by atoms with Gasteiger partial charge in [0.15, 0.2) is 0 Å². The molecule has 1 amide bonds. The van der Waals surface area contributed by atoms with Crippen LogP contribution in [0.15, 0.2) is 48.5 Å². The van der Waals surface area contributed by atoms with Crippen molar-refractivity contribution in [3.63, 3.8) is 0 Å². The quantitative estimate of drug-likeness (QED) is 0.521. The summed E-state index contributed by atoms with van der Waals surface area (Å²) in [6.45, 7) is 6.10. The number of phenolic OH excluding ortho intramolecular Hbond substituents is 1. The number of phenols is 1. The number of carbonyl (C=O) groups excluding carboxylic acids is 1. The Hall–Kier alpha value is -2.97. The van der Waals surface area contributed by atoms with E-state index in [9.17, 15) is 19.8 Å². The Balaban J connectivity index is 0.000000335. The van der Waals surface area contributed by atoms with Crippen LogP contribution in [0.1, 0.15) is 21.5 Å². The van der Waals surface area contributed by atoms with Crippen LogP contribution in [0, 0.1) is 6.92 Å². The van der Waals surface area contributed by atoms with E-state index in [0.717, 1.165) is 37.3 Å². The molecule has 30 heavy (non-hydrogen) atoms. The molecule has 1 fully saturated rings. The van der Waals surface area contributed by atoms with Crippen LogP contribution in [0.2, 0.25) is 0 Å². The fourth-order valence-corrected chi connectivity index (χ4v) is 3.13. The summed E-state index contributed by atoms with van der Waals surface area (Å²) in [5.41, 5.74) is 3.70. The van der Waals surface area contributed by atoms with Gasteiger partial charge in [0, 0.05) is 38.2 Å². The predicted octanol–water partition coefficient (Wildman–Crippen LogP) is 1.98. The van der Waals surface area contributed by atoms with E-state index in [2.05, 4.69) is 15.5 Å². The van der Waals surface area contributed by atoms with Crippen molar-refractivity contribution in [1.82, 2.24) is 15.5 Å². The normalized spacial score (nSPS) is 14.1. The highest BCUT2D eigenvalue weighted by Gasteiger charge is 2.21. The molecule has 0 saturated carbocycles. The minimum atomic E-state index is -1.10. The van der Waals surface area contributed by atoms with Gasteiger partial charge in [-0.3, -0.25) is 4.79 Å². The number of thiocarbonyl (C=S) groups is 1. The van der Waals surface area contributed by atoms with Crippen LogP contribution in [-0.2, 0) is 11.2 Å². The molecule has 1 unspecified atom stereocenters. The van der Waals surface area contributed by atoms with Crippen LogP contribution >= 0.6 is 12.2 Å². The Kier molecular flexibility index (Phi) is 9.24. The molecule has 0 bridgehead atoms. The predicted molar refractivity (Wildman–Crippen MR) is 120 cm³/mol. The van der Waals surface area contributed by atoms with Crippen molar-refractivity contribution in [1.29, 1.82) is 0 Å². The molecular weight excluding hydrogens is 402 g/mol. The molecule has 2 aromatic carbocycles. The number of aryl methyl sites for hydroxylation is 1. The van der Waals surface area contributed by atoms with E-state index in [1.165, 1.54) is 12.1 Å². The van der Waals surface area contributed by atoms with Crippen LogP contribution in [-0.4, -0.2) is 64.7 Å². The first-order chi connectivity index (χ1) is 14.4. The number of carboxylic acid groups (broad SMARTS) is 1. The summed E-state index contributed by atoms with van der Waals surface area (Å²) in [6.07, 6.45) is 0.146. The number of nitrogens with one attached hydrogen (secondary N) is 2. The van der Waals surface area contributed by atoms with Gasteiger partial charge in [-0.2, -0.15) is 0 Å². The lowest BCUT2D eigenvalue weighted by molar-refractivity contribution is -0.139. The largest absolute Gasteiger partial charge is 0.508 e. The van der Waals surface area contributed by atoms with Crippen LogP contribution in [0.4, 0.5) is 0 Å². The van der Waals surface area contributed by atoms with E-state index >= 15 is 0 Å². The molecule has 1 heterocycles. The summed E-state index contributed by atoms with van der Waals surface area (Å²) < 4.78 is 0. The number of nitrogens with zero attached hydrogens (tertiary/aromatic N) is 1. The maximum Gasteiger partial charge on any atom is 0.326 e. The molecular formula is C22H27N3O4S. The molecule has 0 aromatic heterocycles. The molecule has 8 heteroatoms. The van der Waals surface area contributed by atoms with E-state index in [0.29, 0.717) is 5.56 Å². The van der Waals surface area contributed by atoms with Gasteiger partial charge < -0.3 is 25.7 Å². The first kappa shape index (κ1) is 23.3. The summed E-state index contributed by atoms with van der Waals surface area (Å²) in [4.78, 5) is 25.7. The van der Waals surface area contributed by atoms with Crippen molar-refractivity contribution < 1.29 is 19.8 Å². The third-order valence-corrected chi connectivity index (χ3v) is 4.97. The maximum atomic E-state index is 12.2. The molecule has 4 N–H and O–H groups in total. The topological polar surface area (TPSA) is 102 Å². The number of hydrogen-bond acceptors (Lipinski definition) is 5. The molecule has 7 nitrogen and oxygen atoms in total. The number of aromatic hydroxyl groups is 1. The van der Waals surface area contributed by atoms with Gasteiger partial charge in [0.2, 0.25) is 0 Å². The van der Waals surface area contributed by atoms with Crippen molar-refractivity contribution in [2.75, 3.05) is 26.2 Å². The van der Waals surface area contributed by atoms with Gasteiger partial charge in [-0.1, -0.05) is 42.5 Å². The standard InChI is InChI=1S/C17H17NO4.C5H10N2S/c1-11-4-2-3-5-14(11)16(20)18-15(17(21)22)10-12-6-8-13(19)9-7-12;8-5-7-3-1-6-2-4-7/h2-9,15,19H,10H2,1H3,(H,18,20)(H,21,22);5-6H,1-4H2. The SMILES string of the molecule is Cc1ccccc1C(=O)NC(Cc1ccc(O)cc1)C(=O)O.S=CN1CCNCC1. The third kappa shape index (κ3) is 7.46. The van der Waals surface area contributed by atoms with Crippen LogP contribution < -0.4 is 10.6 Å². The number of amides is 1. The third-order valence-electron chi connectivity index (χ3n) is 4.67. The lowest BCUT2D eigenvalue weighted by atomic mass is 10.0. The highest BCUT2D eigenvalue weighted by molar-refractivity contribution is 7.78. The lowest BCUT2D eigenvalue weighted by Gasteiger charge is -2.24. The van der Waals surface area contributed by atoms with Gasteiger partial charge >= 0.3 is 5.97 Å². The lowest BCUT2D eigenvalue weighted by Crippen LogP contribution is -2.42. The van der Waals surface area contributed by atoms with Crippen molar-refractivity contribution in [3.8, 4) is 5.75 Å². The highest BCUT2D eigenvalue weighted by Crippen LogP contribution is 2.12. The monoisotopic (exact) mass is 429 g/mol. The van der Waals surface area contributed by atoms with E-state index in [1.54, 1.807) is 42.7 Å². The molecule has 1 atom stereocenters. The van der Waals surface area contributed by atoms with Crippen molar-refractivity contribution >= 4 is 29.6 Å². The smallest absolute Gasteiger partial charge is 0.326 e. The first-order valence-electron chi connectivity index (χ1n) is 9.68. The Morgan fingerprint density at radius 3 is 2.33 bits per heavy atom. The molecule has 160 valence electrons. The van der Waals surface area contributed by atoms with Crippen LogP contribution in [0.3, 0.4) is 0 Å². The van der Waals surface area contributed by atoms with Gasteiger partial charge in [0.1, 0.15) is 11.8 Å². The fourth-order valence-electron chi connectivity index (χ4n) is 2.92. The average molecular weight is 430 g/mol. The minimum Gasteiger partial charge on any atom is -0.508 e. The van der Waals surface area contributed by atoms with E-state index in [1.807, 2.05) is 6.07 Å². The van der Waals surface area contributed by atoms with Crippen molar-refractivity contribution in [2.24, 2.45) is 0 Å². The summed E-state index contributed by atoms with van der Waals surface area (Å²) in [5.74, 6) is -1.40. The second-order valence-corrected chi connectivity index (χ2v) is 7.15. The molecule has 0 aliphatic carbocycles. The van der Waals surface area contributed by atoms with E-state index in [-0.39, 0.29) is 12.2 Å². The second kappa shape index (κ2) is 11.9. The van der Waals surface area contributed by atoms with Gasteiger partial charge in [-0.25, -0.2) is 4.79 Å². The molecule has 3 rings (SSSR count). The Morgan fingerprint density at radius 1 is 1.17 bits per heavy atom. The summed E-state index contributed by atoms with van der Waals surface area (Å²) >= 11 is 4.75. The summed E-state index contributed by atoms with van der Waals surface area (Å²) in [7, 11) is 0. The molecule has 0 spiro atoms. The number of benzene rings is 2. The molecule has 2 aromatic rings. The number of hydrogen-bond donors (Lipinski definition) is 4. The number of carboxylic acids is 1. The van der Waals surface area contributed by atoms with E-state index in [4.69, 9.17) is 12.2 Å². The van der Waals surface area contributed by atoms with Crippen LogP contribution in [0.5, 0.6) is 5.75 Å². The number of piperazine rings is 1. The second-order valence-electron chi connectivity index (χ2n) is 6.94. The Bertz CT molecular complexity index is 852. The number of rotatable bonds is 6. The molecule has 1 saturated heterocycles. The maximum absolute atomic E-state index is 12.2. The van der Waals surface area contributed by atoms with Gasteiger partial charge in [0.05, 0.1) is 5.49 Å². The van der Waals surface area contributed by atoms with Gasteiger partial charge in [0.25, 0.3) is 5.91 Å². The minimum absolute atomic E-state index is 0.111. The zero-order valence-electron chi connectivity index (χ0n) is 16.9. The highest BCUT2D eigenvalue weighted by atomic mass is 32.1. The molecule has 1 aliphatic heterocycles. The number of carbonyl (C=O) groups is 2. The number of aliphatic carboxylic acids is 1. The van der Waals surface area contributed by atoms with Crippen molar-refractivity contribution in [2.45, 2.75) is 19.4 Å². The fraction of sp³-hybridized carbons (Fsp3) is 0.318. The van der Waals surface area contributed by atoms with Crippen molar-refractivity contribution in [3.05, 3.63) is 65.2 Å².